The lowest BCUT2D eigenvalue weighted by Gasteiger charge is -2.35. The molecule has 0 amide bonds. The van der Waals surface area contributed by atoms with E-state index in [1.165, 1.54) is 17.2 Å². The van der Waals surface area contributed by atoms with Gasteiger partial charge in [-0.1, -0.05) is 18.2 Å². The number of para-hydroxylation sites is 1. The number of halogens is 2. The molecule has 5 heteroatoms. The van der Waals surface area contributed by atoms with Gasteiger partial charge < -0.3 is 5.32 Å². The Morgan fingerprint density at radius 3 is 2.78 bits per heavy atom. The van der Waals surface area contributed by atoms with E-state index in [1.54, 1.807) is 0 Å². The Morgan fingerprint density at radius 1 is 1.17 bits per heavy atom. The highest BCUT2D eigenvalue weighted by Gasteiger charge is 2.27. The number of anilines is 2. The van der Waals surface area contributed by atoms with Gasteiger partial charge in [0.25, 0.3) is 0 Å². The Kier molecular flexibility index (Phi) is 4.88. The molecule has 3 nitrogen and oxygen atoms in total. The van der Waals surface area contributed by atoms with Crippen LogP contribution in [0.1, 0.15) is 18.4 Å². The zero-order valence-corrected chi connectivity index (χ0v) is 13.1. The van der Waals surface area contributed by atoms with E-state index in [0.29, 0.717) is 0 Å². The van der Waals surface area contributed by atoms with E-state index in [9.17, 15) is 8.78 Å². The molecule has 1 aliphatic rings. The number of hydrogen-bond donors (Lipinski definition) is 1. The van der Waals surface area contributed by atoms with Crippen molar-refractivity contribution in [1.82, 2.24) is 5.32 Å². The molecule has 2 aromatic carbocycles. The quantitative estimate of drug-likeness (QED) is 0.845. The minimum atomic E-state index is -0.629. The third-order valence-corrected chi connectivity index (χ3v) is 3.99. The average Bonchev–Trinajstić information content (AvgIpc) is 2.55. The largest absolute Gasteiger partial charge is 0.320 e. The van der Waals surface area contributed by atoms with Gasteiger partial charge in [-0.05, 0) is 50.2 Å². The molecule has 0 bridgehead atoms. The Morgan fingerprint density at radius 2 is 2.00 bits per heavy atom. The Labute approximate surface area is 134 Å². The number of hydrogen-bond acceptors (Lipinski definition) is 3. The number of benzene rings is 2. The highest BCUT2D eigenvalue weighted by molar-refractivity contribution is 5.65. The molecule has 1 aliphatic heterocycles. The zero-order valence-electron chi connectivity index (χ0n) is 13.1. The maximum Gasteiger partial charge on any atom is 0.152 e. The van der Waals surface area contributed by atoms with E-state index in [0.717, 1.165) is 43.1 Å². The van der Waals surface area contributed by atoms with Gasteiger partial charge in [0.2, 0.25) is 0 Å². The van der Waals surface area contributed by atoms with Crippen LogP contribution in [0.3, 0.4) is 0 Å². The van der Waals surface area contributed by atoms with Crippen molar-refractivity contribution in [1.29, 1.82) is 0 Å². The molecule has 3 rings (SSSR count). The van der Waals surface area contributed by atoms with E-state index in [1.807, 2.05) is 31.3 Å². The predicted octanol–water partition coefficient (Wildman–Crippen LogP) is 3.96. The van der Waals surface area contributed by atoms with Crippen LogP contribution in [0.2, 0.25) is 0 Å². The maximum atomic E-state index is 14.2. The first-order valence-electron chi connectivity index (χ1n) is 7.83. The van der Waals surface area contributed by atoms with Crippen molar-refractivity contribution in [3.63, 3.8) is 0 Å². The standard InChI is InChI=1S/C18H20F2N2O/c1-21-10-4-6-15-11-13-5-2-3-7-17(13)22(23-15)18-9-8-14(19)12-16(18)20/h2-3,5,7-9,12,15,21H,4,6,10-11H2,1H3. The molecular weight excluding hydrogens is 298 g/mol. The average molecular weight is 318 g/mol. The fourth-order valence-electron chi connectivity index (χ4n) is 2.86. The smallest absolute Gasteiger partial charge is 0.152 e. The minimum Gasteiger partial charge on any atom is -0.320 e. The van der Waals surface area contributed by atoms with Crippen molar-refractivity contribution in [2.75, 3.05) is 18.7 Å². The molecule has 0 radical (unpaired) electrons. The first-order chi connectivity index (χ1) is 11.2. The molecule has 0 spiro atoms. The van der Waals surface area contributed by atoms with Crippen LogP contribution in [0.5, 0.6) is 0 Å². The summed E-state index contributed by atoms with van der Waals surface area (Å²) in [6.07, 6.45) is 2.61. The van der Waals surface area contributed by atoms with Crippen LogP contribution in [0.25, 0.3) is 0 Å². The molecule has 0 aliphatic carbocycles. The predicted molar refractivity (Wildman–Crippen MR) is 86.7 cm³/mol. The highest BCUT2D eigenvalue weighted by Crippen LogP contribution is 2.37. The van der Waals surface area contributed by atoms with Crippen LogP contribution >= 0.6 is 0 Å². The molecule has 122 valence electrons. The summed E-state index contributed by atoms with van der Waals surface area (Å²) in [5, 5.41) is 4.61. The second-order valence-corrected chi connectivity index (χ2v) is 5.70. The normalized spacial score (nSPS) is 17.2. The third kappa shape index (κ3) is 3.51. The summed E-state index contributed by atoms with van der Waals surface area (Å²) in [6, 6.07) is 11.3. The summed E-state index contributed by atoms with van der Waals surface area (Å²) in [5.41, 5.74) is 2.15. The first kappa shape index (κ1) is 15.9. The van der Waals surface area contributed by atoms with Gasteiger partial charge in [-0.25, -0.2) is 13.8 Å². The summed E-state index contributed by atoms with van der Waals surface area (Å²) < 4.78 is 27.4. The van der Waals surface area contributed by atoms with Crippen LogP contribution in [0.15, 0.2) is 42.5 Å². The molecule has 0 fully saturated rings. The lowest BCUT2D eigenvalue weighted by molar-refractivity contribution is 0.0359. The number of nitrogens with zero attached hydrogens (tertiary/aromatic N) is 1. The van der Waals surface area contributed by atoms with Gasteiger partial charge >= 0.3 is 0 Å². The van der Waals surface area contributed by atoms with Crippen molar-refractivity contribution < 1.29 is 13.6 Å². The summed E-state index contributed by atoms with van der Waals surface area (Å²) in [7, 11) is 1.91. The second kappa shape index (κ2) is 7.06. The van der Waals surface area contributed by atoms with Gasteiger partial charge in [-0.3, -0.25) is 4.84 Å². The molecule has 1 heterocycles. The van der Waals surface area contributed by atoms with E-state index >= 15 is 0 Å². The SMILES string of the molecule is CNCCCC1Cc2ccccc2N(c2ccc(F)cc2F)O1. The van der Waals surface area contributed by atoms with E-state index in [2.05, 4.69) is 5.32 Å². The number of rotatable bonds is 5. The van der Waals surface area contributed by atoms with Crippen molar-refractivity contribution >= 4 is 11.4 Å². The third-order valence-electron chi connectivity index (χ3n) is 3.99. The summed E-state index contributed by atoms with van der Waals surface area (Å²) in [4.78, 5) is 6.01. The van der Waals surface area contributed by atoms with Crippen molar-refractivity contribution in [2.24, 2.45) is 0 Å². The fourth-order valence-corrected chi connectivity index (χ4v) is 2.86. The lowest BCUT2D eigenvalue weighted by atomic mass is 10.0. The van der Waals surface area contributed by atoms with E-state index in [-0.39, 0.29) is 11.8 Å². The Hall–Kier alpha value is -1.98. The molecule has 1 N–H and O–H groups in total. The van der Waals surface area contributed by atoms with Crippen LogP contribution < -0.4 is 10.4 Å². The molecular formula is C18H20F2N2O. The highest BCUT2D eigenvalue weighted by atomic mass is 19.1. The number of nitrogens with one attached hydrogen (secondary N) is 1. The topological polar surface area (TPSA) is 24.5 Å². The first-order valence-corrected chi connectivity index (χ1v) is 7.83. The molecule has 2 aromatic rings. The number of fused-ring (bicyclic) bond motifs is 1. The van der Waals surface area contributed by atoms with Crippen molar-refractivity contribution in [3.05, 3.63) is 59.7 Å². The van der Waals surface area contributed by atoms with Gasteiger partial charge in [-0.15, -0.1) is 0 Å². The lowest BCUT2D eigenvalue weighted by Crippen LogP contribution is -2.34. The molecule has 0 saturated carbocycles. The van der Waals surface area contributed by atoms with Crippen molar-refractivity contribution in [3.8, 4) is 0 Å². The molecule has 23 heavy (non-hydrogen) atoms. The van der Waals surface area contributed by atoms with Gasteiger partial charge in [0.05, 0.1) is 11.8 Å². The van der Waals surface area contributed by atoms with Gasteiger partial charge in [0, 0.05) is 12.5 Å². The summed E-state index contributed by atoms with van der Waals surface area (Å²) in [5.74, 6) is -1.22. The summed E-state index contributed by atoms with van der Waals surface area (Å²) in [6.45, 7) is 0.909. The maximum absolute atomic E-state index is 14.2. The van der Waals surface area contributed by atoms with Gasteiger partial charge in [-0.2, -0.15) is 0 Å². The molecule has 1 atom stereocenters. The van der Waals surface area contributed by atoms with Crippen LogP contribution in [-0.2, 0) is 11.3 Å². The van der Waals surface area contributed by atoms with Gasteiger partial charge in [0.15, 0.2) is 5.82 Å². The fraction of sp³-hybridized carbons (Fsp3) is 0.333. The monoisotopic (exact) mass is 318 g/mol. The Bertz CT molecular complexity index is 678. The van der Waals surface area contributed by atoms with Gasteiger partial charge in [0.1, 0.15) is 11.5 Å². The van der Waals surface area contributed by atoms with Crippen LogP contribution in [0.4, 0.5) is 20.2 Å². The minimum absolute atomic E-state index is 0.0253. The van der Waals surface area contributed by atoms with Crippen LogP contribution in [0, 0.1) is 11.6 Å². The van der Waals surface area contributed by atoms with Crippen LogP contribution in [-0.4, -0.2) is 19.7 Å². The molecule has 0 saturated heterocycles. The summed E-state index contributed by atoms with van der Waals surface area (Å²) >= 11 is 0. The molecule has 1 unspecified atom stereocenters. The zero-order chi connectivity index (χ0) is 16.2. The van der Waals surface area contributed by atoms with E-state index < -0.39 is 11.6 Å². The Balaban J connectivity index is 1.90. The van der Waals surface area contributed by atoms with E-state index in [4.69, 9.17) is 4.84 Å². The molecule has 0 aromatic heterocycles. The second-order valence-electron chi connectivity index (χ2n) is 5.70. The van der Waals surface area contributed by atoms with Crippen molar-refractivity contribution in [2.45, 2.75) is 25.4 Å².